The van der Waals surface area contributed by atoms with Crippen molar-refractivity contribution in [1.82, 2.24) is 14.6 Å². The molecule has 8 heteroatoms. The Bertz CT molecular complexity index is 909. The van der Waals surface area contributed by atoms with Crippen LogP contribution in [0.25, 0.3) is 5.65 Å². The van der Waals surface area contributed by atoms with Gasteiger partial charge in [0.2, 0.25) is 0 Å². The molecule has 0 saturated heterocycles. The Kier molecular flexibility index (Phi) is 3.42. The molecule has 2 heterocycles. The van der Waals surface area contributed by atoms with Gasteiger partial charge in [-0.25, -0.2) is 9.50 Å². The maximum atomic E-state index is 12.6. The highest BCUT2D eigenvalue weighted by molar-refractivity contribution is 6.29. The first kappa shape index (κ1) is 15.3. The number of imidazole rings is 1. The van der Waals surface area contributed by atoms with Gasteiger partial charge in [0.05, 0.1) is 0 Å². The molecule has 1 aliphatic rings. The minimum atomic E-state index is -4.71. The van der Waals surface area contributed by atoms with Crippen LogP contribution in [0.2, 0.25) is 5.15 Å². The number of aromatic nitrogens is 3. The highest BCUT2D eigenvalue weighted by Gasteiger charge is 2.44. The number of benzene rings is 1. The third kappa shape index (κ3) is 2.80. The minimum Gasteiger partial charge on any atom is -0.405 e. The van der Waals surface area contributed by atoms with Crippen LogP contribution in [0, 0.1) is 0 Å². The Hall–Kier alpha value is -2.28. The molecule has 3 aromatic rings. The summed E-state index contributed by atoms with van der Waals surface area (Å²) >= 11 is 6.03. The number of alkyl halides is 3. The highest BCUT2D eigenvalue weighted by Crippen LogP contribution is 2.57. The summed E-state index contributed by atoms with van der Waals surface area (Å²) in [4.78, 5) is 4.26. The van der Waals surface area contributed by atoms with Crippen LogP contribution in [0.5, 0.6) is 5.75 Å². The number of hydrogen-bond donors (Lipinski definition) is 0. The quantitative estimate of drug-likeness (QED) is 0.693. The Morgan fingerprint density at radius 2 is 1.92 bits per heavy atom. The summed E-state index contributed by atoms with van der Waals surface area (Å²) in [7, 11) is 0. The molecule has 0 amide bonds. The molecule has 124 valence electrons. The second-order valence-electron chi connectivity index (χ2n) is 5.65. The zero-order valence-corrected chi connectivity index (χ0v) is 12.9. The van der Waals surface area contributed by atoms with Gasteiger partial charge in [0, 0.05) is 18.0 Å². The van der Waals surface area contributed by atoms with Crippen molar-refractivity contribution in [1.29, 1.82) is 0 Å². The van der Waals surface area contributed by atoms with E-state index in [1.165, 1.54) is 12.1 Å². The van der Waals surface area contributed by atoms with Gasteiger partial charge in [0.15, 0.2) is 5.65 Å². The monoisotopic (exact) mass is 353 g/mol. The van der Waals surface area contributed by atoms with Gasteiger partial charge in [-0.05, 0) is 36.0 Å². The first-order chi connectivity index (χ1) is 11.4. The van der Waals surface area contributed by atoms with E-state index in [0.29, 0.717) is 22.8 Å². The van der Waals surface area contributed by atoms with E-state index in [-0.39, 0.29) is 17.6 Å². The molecule has 1 aromatic carbocycles. The van der Waals surface area contributed by atoms with Crippen molar-refractivity contribution in [2.24, 2.45) is 0 Å². The maximum absolute atomic E-state index is 12.6. The molecule has 0 radical (unpaired) electrons. The van der Waals surface area contributed by atoms with E-state index in [1.54, 1.807) is 35.1 Å². The van der Waals surface area contributed by atoms with Crippen molar-refractivity contribution in [3.8, 4) is 5.75 Å². The van der Waals surface area contributed by atoms with E-state index in [9.17, 15) is 13.2 Å². The molecular weight excluding hydrogens is 343 g/mol. The lowest BCUT2D eigenvalue weighted by atomic mass is 10.0. The largest absolute Gasteiger partial charge is 0.573 e. The van der Waals surface area contributed by atoms with Crippen LogP contribution in [0.1, 0.15) is 29.4 Å². The lowest BCUT2D eigenvalue weighted by molar-refractivity contribution is -0.274. The van der Waals surface area contributed by atoms with Gasteiger partial charge >= 0.3 is 6.36 Å². The normalized spacial score (nSPS) is 20.3. The van der Waals surface area contributed by atoms with Crippen molar-refractivity contribution in [2.75, 3.05) is 0 Å². The van der Waals surface area contributed by atoms with Gasteiger partial charge in [-0.2, -0.15) is 5.10 Å². The molecule has 24 heavy (non-hydrogen) atoms. The number of rotatable bonds is 3. The standard InChI is InChI=1S/C16H11ClF3N3O/c17-14-8-12(15-21-5-6-23(15)22-14)11-7-10(11)9-3-1-2-4-13(9)24-16(18,19)20/h1-6,8,10-11H,7H2/t10-,11+/m1/s1. The number of nitrogens with zero attached hydrogens (tertiary/aromatic N) is 3. The summed E-state index contributed by atoms with van der Waals surface area (Å²) in [6.07, 6.45) is -0.707. The number of para-hydroxylation sites is 1. The average molecular weight is 354 g/mol. The lowest BCUT2D eigenvalue weighted by Crippen LogP contribution is -2.18. The molecule has 0 bridgehead atoms. The van der Waals surface area contributed by atoms with Crippen LogP contribution in [0.4, 0.5) is 13.2 Å². The number of ether oxygens (including phenoxy) is 1. The number of halogens is 4. The average Bonchev–Trinajstić information content (AvgIpc) is 3.15. The molecule has 0 N–H and O–H groups in total. The Morgan fingerprint density at radius 1 is 1.17 bits per heavy atom. The van der Waals surface area contributed by atoms with Crippen LogP contribution < -0.4 is 4.74 Å². The summed E-state index contributed by atoms with van der Waals surface area (Å²) in [6.45, 7) is 0. The molecule has 0 aliphatic heterocycles. The lowest BCUT2D eigenvalue weighted by Gasteiger charge is -2.13. The van der Waals surface area contributed by atoms with Crippen molar-refractivity contribution >= 4 is 17.2 Å². The van der Waals surface area contributed by atoms with Crippen molar-refractivity contribution in [3.05, 3.63) is 59.0 Å². The molecule has 1 aliphatic carbocycles. The fraction of sp³-hybridized carbons (Fsp3) is 0.250. The second-order valence-corrected chi connectivity index (χ2v) is 6.04. The van der Waals surface area contributed by atoms with Gasteiger partial charge < -0.3 is 4.74 Å². The smallest absolute Gasteiger partial charge is 0.405 e. The summed E-state index contributed by atoms with van der Waals surface area (Å²) in [6, 6.07) is 7.96. The maximum Gasteiger partial charge on any atom is 0.573 e. The Morgan fingerprint density at radius 3 is 2.71 bits per heavy atom. The fourth-order valence-electron chi connectivity index (χ4n) is 3.07. The van der Waals surface area contributed by atoms with Gasteiger partial charge in [-0.1, -0.05) is 29.8 Å². The zero-order valence-electron chi connectivity index (χ0n) is 12.2. The van der Waals surface area contributed by atoms with Crippen molar-refractivity contribution < 1.29 is 17.9 Å². The predicted octanol–water partition coefficient (Wildman–Crippen LogP) is 4.55. The summed E-state index contributed by atoms with van der Waals surface area (Å²) < 4.78 is 43.5. The van der Waals surface area contributed by atoms with E-state index in [4.69, 9.17) is 11.6 Å². The first-order valence-corrected chi connectivity index (χ1v) is 7.64. The van der Waals surface area contributed by atoms with Crippen molar-refractivity contribution in [3.63, 3.8) is 0 Å². The second kappa shape index (κ2) is 5.37. The fourth-order valence-corrected chi connectivity index (χ4v) is 3.27. The van der Waals surface area contributed by atoms with E-state index in [2.05, 4.69) is 14.8 Å². The van der Waals surface area contributed by atoms with Crippen LogP contribution in [-0.4, -0.2) is 21.0 Å². The van der Waals surface area contributed by atoms with E-state index in [0.717, 1.165) is 5.56 Å². The summed E-state index contributed by atoms with van der Waals surface area (Å²) in [5, 5.41) is 4.44. The molecule has 0 unspecified atom stereocenters. The first-order valence-electron chi connectivity index (χ1n) is 7.27. The summed E-state index contributed by atoms with van der Waals surface area (Å²) in [5.41, 5.74) is 2.09. The molecule has 0 spiro atoms. The minimum absolute atomic E-state index is 0.0355. The van der Waals surface area contributed by atoms with Gasteiger partial charge in [-0.3, -0.25) is 0 Å². The number of fused-ring (bicyclic) bond motifs is 1. The van der Waals surface area contributed by atoms with Crippen LogP contribution in [0.15, 0.2) is 42.7 Å². The van der Waals surface area contributed by atoms with E-state index < -0.39 is 6.36 Å². The predicted molar refractivity (Wildman–Crippen MR) is 81.2 cm³/mol. The van der Waals surface area contributed by atoms with Gasteiger partial charge in [0.1, 0.15) is 10.9 Å². The van der Waals surface area contributed by atoms with E-state index >= 15 is 0 Å². The highest BCUT2D eigenvalue weighted by atomic mass is 35.5. The Labute approximate surface area is 139 Å². The Balaban J connectivity index is 1.68. The molecule has 2 atom stereocenters. The van der Waals surface area contributed by atoms with Crippen LogP contribution in [-0.2, 0) is 0 Å². The molecular formula is C16H11ClF3N3O. The molecule has 4 nitrogen and oxygen atoms in total. The van der Waals surface area contributed by atoms with Crippen LogP contribution >= 0.6 is 11.6 Å². The molecule has 4 rings (SSSR count). The van der Waals surface area contributed by atoms with E-state index in [1.807, 2.05) is 0 Å². The summed E-state index contributed by atoms with van der Waals surface area (Å²) in [5.74, 6) is -0.187. The molecule has 2 aromatic heterocycles. The topological polar surface area (TPSA) is 39.4 Å². The van der Waals surface area contributed by atoms with Gasteiger partial charge in [-0.15, -0.1) is 13.2 Å². The number of hydrogen-bond acceptors (Lipinski definition) is 3. The molecule has 1 fully saturated rings. The SMILES string of the molecule is FC(F)(F)Oc1ccccc1[C@H]1C[C@@H]1c1cc(Cl)nn2ccnc12. The van der Waals surface area contributed by atoms with Gasteiger partial charge in [0.25, 0.3) is 0 Å². The van der Waals surface area contributed by atoms with Crippen molar-refractivity contribution in [2.45, 2.75) is 24.6 Å². The third-order valence-corrected chi connectivity index (χ3v) is 4.28. The third-order valence-electron chi connectivity index (χ3n) is 4.09. The van der Waals surface area contributed by atoms with Crippen LogP contribution in [0.3, 0.4) is 0 Å². The zero-order chi connectivity index (χ0) is 16.9. The molecule has 1 saturated carbocycles.